The van der Waals surface area contributed by atoms with Gasteiger partial charge in [0.2, 0.25) is 0 Å². The molecule has 0 aliphatic rings. The van der Waals surface area contributed by atoms with Gasteiger partial charge in [-0.05, 0) is 66.8 Å². The van der Waals surface area contributed by atoms with Crippen LogP contribution < -0.4 is 14.8 Å². The van der Waals surface area contributed by atoms with Gasteiger partial charge in [-0.3, -0.25) is 9.52 Å². The van der Waals surface area contributed by atoms with Crippen molar-refractivity contribution in [3.05, 3.63) is 95.5 Å². The number of sulfonamides is 1. The van der Waals surface area contributed by atoms with Crippen molar-refractivity contribution in [3.63, 3.8) is 0 Å². The maximum atomic E-state index is 12.9. The van der Waals surface area contributed by atoms with Gasteiger partial charge in [0, 0.05) is 16.1 Å². The van der Waals surface area contributed by atoms with Crippen LogP contribution in [0.5, 0.6) is 5.75 Å². The number of carbonyl (C=O) groups is 1. The molecule has 0 radical (unpaired) electrons. The van der Waals surface area contributed by atoms with Crippen LogP contribution in [-0.4, -0.2) is 20.4 Å². The molecule has 0 spiro atoms. The first-order valence-corrected chi connectivity index (χ1v) is 13.0. The topological polar surface area (TPSA) is 84.5 Å². The fraction of sp³-hybridized carbons (Fsp3) is 0.148. The van der Waals surface area contributed by atoms with Crippen LogP contribution in [0, 0.1) is 6.92 Å². The molecular formula is C27H25ClN2O4S. The summed E-state index contributed by atoms with van der Waals surface area (Å²) in [7, 11) is -3.82. The third kappa shape index (κ3) is 5.75. The Morgan fingerprint density at radius 2 is 1.63 bits per heavy atom. The molecule has 180 valence electrons. The summed E-state index contributed by atoms with van der Waals surface area (Å²) in [5.74, 6) is 0.317. The van der Waals surface area contributed by atoms with Gasteiger partial charge < -0.3 is 10.1 Å². The molecule has 2 N–H and O–H groups in total. The van der Waals surface area contributed by atoms with E-state index in [1.54, 1.807) is 30.3 Å². The van der Waals surface area contributed by atoms with Gasteiger partial charge in [0.1, 0.15) is 5.75 Å². The minimum Gasteiger partial charge on any atom is -0.480 e. The summed E-state index contributed by atoms with van der Waals surface area (Å²) in [5.41, 5.74) is 1.69. The number of hydrogen-bond acceptors (Lipinski definition) is 4. The van der Waals surface area contributed by atoms with Crippen LogP contribution in [0.2, 0.25) is 5.02 Å². The van der Waals surface area contributed by atoms with E-state index in [1.807, 2.05) is 56.3 Å². The van der Waals surface area contributed by atoms with Crippen molar-refractivity contribution < 1.29 is 17.9 Å². The van der Waals surface area contributed by atoms with E-state index in [-0.39, 0.29) is 10.8 Å². The van der Waals surface area contributed by atoms with E-state index >= 15 is 0 Å². The fourth-order valence-electron chi connectivity index (χ4n) is 3.58. The first-order chi connectivity index (χ1) is 16.8. The zero-order chi connectivity index (χ0) is 25.0. The van der Waals surface area contributed by atoms with E-state index in [0.29, 0.717) is 28.6 Å². The Balaban J connectivity index is 1.45. The summed E-state index contributed by atoms with van der Waals surface area (Å²) in [6.07, 6.45) is -0.248. The van der Waals surface area contributed by atoms with Crippen LogP contribution in [-0.2, 0) is 14.8 Å². The zero-order valence-electron chi connectivity index (χ0n) is 19.3. The van der Waals surface area contributed by atoms with Crippen LogP contribution in [0.1, 0.15) is 18.9 Å². The lowest BCUT2D eigenvalue weighted by molar-refractivity contribution is -0.122. The number of fused-ring (bicyclic) bond motifs is 1. The first kappa shape index (κ1) is 24.6. The molecule has 0 bridgehead atoms. The predicted molar refractivity (Wildman–Crippen MR) is 141 cm³/mol. The molecule has 1 amide bonds. The molecule has 4 aromatic carbocycles. The molecule has 0 fully saturated rings. The minimum atomic E-state index is -3.82. The SMILES string of the molecule is CC[C@@H](Oc1cccc2ccccc12)C(=O)Nc1ccc(S(=O)(=O)Nc2ccc(C)c(Cl)c2)cc1. The van der Waals surface area contributed by atoms with Gasteiger partial charge >= 0.3 is 0 Å². The van der Waals surface area contributed by atoms with Crippen molar-refractivity contribution in [2.24, 2.45) is 0 Å². The quantitative estimate of drug-likeness (QED) is 0.288. The maximum absolute atomic E-state index is 12.9. The van der Waals surface area contributed by atoms with E-state index in [1.165, 1.54) is 12.1 Å². The summed E-state index contributed by atoms with van der Waals surface area (Å²) in [6, 6.07) is 24.4. The Kier molecular flexibility index (Phi) is 7.28. The average molecular weight is 509 g/mol. The molecule has 6 nitrogen and oxygen atoms in total. The van der Waals surface area contributed by atoms with Crippen LogP contribution in [0.4, 0.5) is 11.4 Å². The lowest BCUT2D eigenvalue weighted by atomic mass is 10.1. The predicted octanol–water partition coefficient (Wildman–Crippen LogP) is 6.40. The molecule has 0 aliphatic heterocycles. The van der Waals surface area contributed by atoms with Gasteiger partial charge in [-0.25, -0.2) is 8.42 Å². The number of hydrogen-bond donors (Lipinski definition) is 2. The molecule has 0 saturated heterocycles. The van der Waals surface area contributed by atoms with Gasteiger partial charge in [0.15, 0.2) is 6.10 Å². The third-order valence-corrected chi connectivity index (χ3v) is 7.34. The van der Waals surface area contributed by atoms with Crippen LogP contribution in [0.3, 0.4) is 0 Å². The number of anilines is 2. The summed E-state index contributed by atoms with van der Waals surface area (Å²) < 4.78 is 34.0. The largest absolute Gasteiger partial charge is 0.480 e. The Labute approximate surface area is 209 Å². The van der Waals surface area contributed by atoms with Gasteiger partial charge in [-0.2, -0.15) is 0 Å². The van der Waals surface area contributed by atoms with Crippen molar-refractivity contribution >= 4 is 49.7 Å². The molecule has 0 saturated carbocycles. The highest BCUT2D eigenvalue weighted by atomic mass is 35.5. The number of nitrogens with one attached hydrogen (secondary N) is 2. The van der Waals surface area contributed by atoms with E-state index in [2.05, 4.69) is 10.0 Å². The lowest BCUT2D eigenvalue weighted by Crippen LogP contribution is -2.32. The number of amides is 1. The fourth-order valence-corrected chi connectivity index (χ4v) is 4.81. The standard InChI is InChI=1S/C27H25ClN2O4S/c1-3-25(34-26-10-6-8-19-7-4-5-9-23(19)26)27(31)29-20-13-15-22(16-14-20)35(32,33)30-21-12-11-18(2)24(28)17-21/h4-17,25,30H,3H2,1-2H3,(H,29,31)/t25-/m1/s1. The monoisotopic (exact) mass is 508 g/mol. The number of ether oxygens (including phenoxy) is 1. The van der Waals surface area contributed by atoms with Gasteiger partial charge in [-0.15, -0.1) is 0 Å². The van der Waals surface area contributed by atoms with Crippen molar-refractivity contribution in [2.75, 3.05) is 10.0 Å². The summed E-state index contributed by atoms with van der Waals surface area (Å²) in [6.45, 7) is 3.71. The molecule has 35 heavy (non-hydrogen) atoms. The Bertz CT molecular complexity index is 1470. The molecule has 0 heterocycles. The number of halogens is 1. The molecule has 8 heteroatoms. The summed E-state index contributed by atoms with van der Waals surface area (Å²) in [4.78, 5) is 12.9. The van der Waals surface area contributed by atoms with E-state index < -0.39 is 16.1 Å². The van der Waals surface area contributed by atoms with E-state index in [0.717, 1.165) is 16.3 Å². The van der Waals surface area contributed by atoms with Gasteiger partial charge in [0.05, 0.1) is 10.6 Å². The zero-order valence-corrected chi connectivity index (χ0v) is 20.9. The van der Waals surface area contributed by atoms with Crippen molar-refractivity contribution in [1.29, 1.82) is 0 Å². The molecular weight excluding hydrogens is 484 g/mol. The van der Waals surface area contributed by atoms with Gasteiger partial charge in [0.25, 0.3) is 15.9 Å². The second-order valence-electron chi connectivity index (χ2n) is 8.08. The van der Waals surface area contributed by atoms with Crippen molar-refractivity contribution in [1.82, 2.24) is 0 Å². The maximum Gasteiger partial charge on any atom is 0.265 e. The molecule has 4 rings (SSSR count). The first-order valence-electron chi connectivity index (χ1n) is 11.1. The van der Waals surface area contributed by atoms with Crippen LogP contribution in [0.25, 0.3) is 10.8 Å². The Hall–Kier alpha value is -3.55. The molecule has 1 atom stereocenters. The second-order valence-corrected chi connectivity index (χ2v) is 10.2. The van der Waals surface area contributed by atoms with Gasteiger partial charge in [-0.1, -0.05) is 61.0 Å². The molecule has 0 aromatic heterocycles. The molecule has 4 aromatic rings. The smallest absolute Gasteiger partial charge is 0.265 e. The highest BCUT2D eigenvalue weighted by Crippen LogP contribution is 2.27. The molecule has 0 unspecified atom stereocenters. The summed E-state index contributed by atoms with van der Waals surface area (Å²) >= 11 is 6.09. The average Bonchev–Trinajstić information content (AvgIpc) is 2.85. The lowest BCUT2D eigenvalue weighted by Gasteiger charge is -2.18. The normalized spacial score (nSPS) is 12.2. The van der Waals surface area contributed by atoms with Crippen LogP contribution in [0.15, 0.2) is 89.8 Å². The van der Waals surface area contributed by atoms with Crippen molar-refractivity contribution in [3.8, 4) is 5.75 Å². The number of rotatable bonds is 8. The number of aryl methyl sites for hydroxylation is 1. The minimum absolute atomic E-state index is 0.0613. The highest BCUT2D eigenvalue weighted by molar-refractivity contribution is 7.92. The Morgan fingerprint density at radius 1 is 0.943 bits per heavy atom. The van der Waals surface area contributed by atoms with Crippen LogP contribution >= 0.6 is 11.6 Å². The van der Waals surface area contributed by atoms with Crippen molar-refractivity contribution in [2.45, 2.75) is 31.3 Å². The number of benzene rings is 4. The molecule has 0 aliphatic carbocycles. The van der Waals surface area contributed by atoms with E-state index in [4.69, 9.17) is 16.3 Å². The summed E-state index contributed by atoms with van der Waals surface area (Å²) in [5, 5.41) is 5.23. The highest BCUT2D eigenvalue weighted by Gasteiger charge is 2.20. The number of carbonyl (C=O) groups excluding carboxylic acids is 1. The van der Waals surface area contributed by atoms with E-state index in [9.17, 15) is 13.2 Å². The third-order valence-electron chi connectivity index (χ3n) is 5.54. The Morgan fingerprint density at radius 3 is 2.34 bits per heavy atom. The second kappa shape index (κ2) is 10.4.